The van der Waals surface area contributed by atoms with Crippen molar-refractivity contribution in [2.45, 2.75) is 31.0 Å². The Morgan fingerprint density at radius 2 is 2.05 bits per heavy atom. The summed E-state index contributed by atoms with van der Waals surface area (Å²) >= 11 is 0. The van der Waals surface area contributed by atoms with E-state index in [0.717, 1.165) is 27.3 Å². The molecular formula is C15H18N2OS. The molecule has 4 heteroatoms. The Labute approximate surface area is 116 Å². The molecule has 3 nitrogen and oxygen atoms in total. The molecule has 0 saturated heterocycles. The smallest absolute Gasteiger partial charge is 0.0580 e. The highest BCUT2D eigenvalue weighted by Gasteiger charge is 2.11. The molecule has 1 unspecified atom stereocenters. The standard InChI is InChI=1S/C15H18N2OS/c1-11-5-6-12(2)15(8-11)19(18)10-13-4-3-7-17-14(13)9-16/h3-8H,9-10,16H2,1-2H3. The van der Waals surface area contributed by atoms with Gasteiger partial charge in [0.05, 0.1) is 22.2 Å². The van der Waals surface area contributed by atoms with Gasteiger partial charge in [0.1, 0.15) is 0 Å². The molecule has 0 spiro atoms. The van der Waals surface area contributed by atoms with Gasteiger partial charge < -0.3 is 5.73 Å². The molecule has 2 aromatic rings. The topological polar surface area (TPSA) is 56.0 Å². The zero-order valence-corrected chi connectivity index (χ0v) is 12.0. The van der Waals surface area contributed by atoms with Gasteiger partial charge >= 0.3 is 0 Å². The Bertz CT molecular complexity index is 611. The first-order valence-corrected chi connectivity index (χ1v) is 7.52. The summed E-state index contributed by atoms with van der Waals surface area (Å²) in [5.41, 5.74) is 9.62. The highest BCUT2D eigenvalue weighted by Crippen LogP contribution is 2.19. The van der Waals surface area contributed by atoms with E-state index in [1.54, 1.807) is 6.20 Å². The molecule has 0 aliphatic rings. The predicted octanol–water partition coefficient (Wildman–Crippen LogP) is 2.46. The van der Waals surface area contributed by atoms with Gasteiger partial charge in [0.2, 0.25) is 0 Å². The Hall–Kier alpha value is -1.52. The number of hydrogen-bond donors (Lipinski definition) is 1. The van der Waals surface area contributed by atoms with E-state index < -0.39 is 10.8 Å². The number of nitrogens with two attached hydrogens (primary N) is 1. The minimum absolute atomic E-state index is 0.375. The molecule has 0 fully saturated rings. The van der Waals surface area contributed by atoms with Crippen LogP contribution in [0.5, 0.6) is 0 Å². The van der Waals surface area contributed by atoms with Gasteiger partial charge in [-0.05, 0) is 42.7 Å². The first kappa shape index (κ1) is 13.9. The summed E-state index contributed by atoms with van der Waals surface area (Å²) < 4.78 is 12.5. The first-order valence-electron chi connectivity index (χ1n) is 6.20. The van der Waals surface area contributed by atoms with Crippen molar-refractivity contribution in [1.82, 2.24) is 4.98 Å². The second-order valence-corrected chi connectivity index (χ2v) is 5.99. The van der Waals surface area contributed by atoms with Gasteiger partial charge in [0.25, 0.3) is 0 Å². The van der Waals surface area contributed by atoms with Crippen LogP contribution >= 0.6 is 0 Å². The highest BCUT2D eigenvalue weighted by molar-refractivity contribution is 7.84. The van der Waals surface area contributed by atoms with Crippen LogP contribution in [-0.4, -0.2) is 9.19 Å². The monoisotopic (exact) mass is 274 g/mol. The van der Waals surface area contributed by atoms with Crippen LogP contribution in [0.25, 0.3) is 0 Å². The van der Waals surface area contributed by atoms with Crippen LogP contribution in [0.1, 0.15) is 22.4 Å². The fraction of sp³-hybridized carbons (Fsp3) is 0.267. The molecule has 1 atom stereocenters. The molecule has 1 aromatic heterocycles. The average Bonchev–Trinajstić information content (AvgIpc) is 2.42. The van der Waals surface area contributed by atoms with E-state index in [0.29, 0.717) is 12.3 Å². The van der Waals surface area contributed by atoms with Crippen molar-refractivity contribution >= 4 is 10.8 Å². The molecular weight excluding hydrogens is 256 g/mol. The van der Waals surface area contributed by atoms with Crippen molar-refractivity contribution in [3.8, 4) is 0 Å². The largest absolute Gasteiger partial charge is 0.325 e. The minimum atomic E-state index is -1.06. The second-order valence-electron chi connectivity index (χ2n) is 4.57. The fourth-order valence-electron chi connectivity index (χ4n) is 1.96. The van der Waals surface area contributed by atoms with Crippen molar-refractivity contribution in [2.75, 3.05) is 0 Å². The number of nitrogens with zero attached hydrogens (tertiary/aromatic N) is 1. The number of aromatic nitrogens is 1. The third kappa shape index (κ3) is 3.28. The molecule has 1 heterocycles. The summed E-state index contributed by atoms with van der Waals surface area (Å²) in [5.74, 6) is 0.463. The number of aryl methyl sites for hydroxylation is 2. The summed E-state index contributed by atoms with van der Waals surface area (Å²) in [7, 11) is -1.06. The lowest BCUT2D eigenvalue weighted by atomic mass is 10.2. The normalized spacial score (nSPS) is 12.4. The van der Waals surface area contributed by atoms with Crippen molar-refractivity contribution < 1.29 is 4.21 Å². The van der Waals surface area contributed by atoms with Gasteiger partial charge in [0, 0.05) is 17.6 Å². The first-order chi connectivity index (χ1) is 9.11. The summed E-state index contributed by atoms with van der Waals surface area (Å²) in [4.78, 5) is 5.12. The van der Waals surface area contributed by atoms with E-state index in [2.05, 4.69) is 4.98 Å². The number of pyridine rings is 1. The van der Waals surface area contributed by atoms with Crippen LogP contribution in [0, 0.1) is 13.8 Å². The van der Waals surface area contributed by atoms with Gasteiger partial charge in [-0.1, -0.05) is 18.2 Å². The third-order valence-corrected chi connectivity index (χ3v) is 4.56. The zero-order valence-electron chi connectivity index (χ0n) is 11.2. The summed E-state index contributed by atoms with van der Waals surface area (Å²) in [6, 6.07) is 9.83. The molecule has 0 amide bonds. The number of hydrogen-bond acceptors (Lipinski definition) is 3. The van der Waals surface area contributed by atoms with E-state index in [-0.39, 0.29) is 0 Å². The fourth-order valence-corrected chi connectivity index (χ4v) is 3.40. The van der Waals surface area contributed by atoms with Crippen LogP contribution in [0.3, 0.4) is 0 Å². The number of rotatable bonds is 4. The molecule has 0 aliphatic heterocycles. The SMILES string of the molecule is Cc1ccc(C)c(S(=O)Cc2cccnc2CN)c1. The third-order valence-electron chi connectivity index (χ3n) is 3.05. The Morgan fingerprint density at radius 1 is 1.26 bits per heavy atom. The van der Waals surface area contributed by atoms with Crippen LogP contribution in [0.2, 0.25) is 0 Å². The average molecular weight is 274 g/mol. The Kier molecular flexibility index (Phi) is 4.45. The molecule has 100 valence electrons. The van der Waals surface area contributed by atoms with Crippen LogP contribution < -0.4 is 5.73 Å². The van der Waals surface area contributed by atoms with Crippen molar-refractivity contribution in [3.63, 3.8) is 0 Å². The Morgan fingerprint density at radius 3 is 2.79 bits per heavy atom. The highest BCUT2D eigenvalue weighted by atomic mass is 32.2. The lowest BCUT2D eigenvalue weighted by Crippen LogP contribution is -2.07. The van der Waals surface area contributed by atoms with Crippen molar-refractivity contribution in [3.05, 3.63) is 58.9 Å². The van der Waals surface area contributed by atoms with Gasteiger partial charge in [-0.2, -0.15) is 0 Å². The van der Waals surface area contributed by atoms with E-state index in [9.17, 15) is 4.21 Å². The van der Waals surface area contributed by atoms with Gasteiger partial charge in [-0.15, -0.1) is 0 Å². The number of benzene rings is 1. The maximum absolute atomic E-state index is 12.5. The van der Waals surface area contributed by atoms with Gasteiger partial charge in [0.15, 0.2) is 0 Å². The van der Waals surface area contributed by atoms with Gasteiger partial charge in [-0.3, -0.25) is 9.19 Å². The second kappa shape index (κ2) is 6.08. The molecule has 0 radical (unpaired) electrons. The predicted molar refractivity (Wildman–Crippen MR) is 78.2 cm³/mol. The lowest BCUT2D eigenvalue weighted by Gasteiger charge is -2.09. The maximum atomic E-state index is 12.5. The van der Waals surface area contributed by atoms with Crippen LogP contribution in [-0.2, 0) is 23.1 Å². The lowest BCUT2D eigenvalue weighted by molar-refractivity contribution is 0.681. The quantitative estimate of drug-likeness (QED) is 0.931. The molecule has 0 saturated carbocycles. The maximum Gasteiger partial charge on any atom is 0.0580 e. The van der Waals surface area contributed by atoms with E-state index in [1.807, 2.05) is 44.2 Å². The van der Waals surface area contributed by atoms with Crippen LogP contribution in [0.4, 0.5) is 0 Å². The van der Waals surface area contributed by atoms with E-state index in [4.69, 9.17) is 5.73 Å². The molecule has 1 aromatic carbocycles. The molecule has 0 aliphatic carbocycles. The summed E-state index contributed by atoms with van der Waals surface area (Å²) in [6.07, 6.45) is 1.71. The molecule has 19 heavy (non-hydrogen) atoms. The summed E-state index contributed by atoms with van der Waals surface area (Å²) in [5, 5.41) is 0. The van der Waals surface area contributed by atoms with E-state index in [1.165, 1.54) is 0 Å². The summed E-state index contributed by atoms with van der Waals surface area (Å²) in [6.45, 7) is 4.37. The molecule has 0 bridgehead atoms. The Balaban J connectivity index is 2.28. The van der Waals surface area contributed by atoms with Crippen LogP contribution in [0.15, 0.2) is 41.4 Å². The van der Waals surface area contributed by atoms with E-state index >= 15 is 0 Å². The molecule has 2 N–H and O–H groups in total. The molecule has 2 rings (SSSR count). The van der Waals surface area contributed by atoms with Crippen molar-refractivity contribution in [1.29, 1.82) is 0 Å². The van der Waals surface area contributed by atoms with Gasteiger partial charge in [-0.25, -0.2) is 0 Å². The van der Waals surface area contributed by atoms with Crippen molar-refractivity contribution in [2.24, 2.45) is 5.73 Å². The zero-order chi connectivity index (χ0) is 13.8. The minimum Gasteiger partial charge on any atom is -0.325 e.